The van der Waals surface area contributed by atoms with E-state index in [2.05, 4.69) is 6.92 Å². The van der Waals surface area contributed by atoms with Crippen LogP contribution in [-0.4, -0.2) is 27.0 Å². The van der Waals surface area contributed by atoms with E-state index in [1.54, 1.807) is 23.1 Å². The number of thiophene rings is 1. The summed E-state index contributed by atoms with van der Waals surface area (Å²) < 4.78 is 1.84. The number of unbranched alkanes of at least 4 members (excludes halogenated alkanes) is 2. The highest BCUT2D eigenvalue weighted by Crippen LogP contribution is 2.36. The minimum absolute atomic E-state index is 0.146. The van der Waals surface area contributed by atoms with Crippen LogP contribution in [0.3, 0.4) is 0 Å². The van der Waals surface area contributed by atoms with Gasteiger partial charge < -0.3 is 5.11 Å². The number of fused-ring (bicyclic) bond motifs is 3. The molecule has 0 fully saturated rings. The summed E-state index contributed by atoms with van der Waals surface area (Å²) in [5.74, 6) is 1.65. The number of hydrogen-bond acceptors (Lipinski definition) is 5. The predicted molar refractivity (Wildman–Crippen MR) is 102 cm³/mol. The van der Waals surface area contributed by atoms with Crippen LogP contribution in [-0.2, 0) is 19.4 Å². The maximum Gasteiger partial charge on any atom is 0.263 e. The number of hydrogen-bond donors (Lipinski definition) is 1. The van der Waals surface area contributed by atoms with E-state index in [1.165, 1.54) is 16.9 Å². The minimum Gasteiger partial charge on any atom is -0.396 e. The lowest BCUT2D eigenvalue weighted by Crippen LogP contribution is -2.23. The monoisotopic (exact) mass is 366 g/mol. The zero-order chi connectivity index (χ0) is 17.1. The molecule has 132 valence electrons. The summed E-state index contributed by atoms with van der Waals surface area (Å²) in [5.41, 5.74) is 1.42. The fourth-order valence-corrected chi connectivity index (χ4v) is 5.83. The maximum atomic E-state index is 13.0. The zero-order valence-corrected chi connectivity index (χ0v) is 16.1. The van der Waals surface area contributed by atoms with Crippen LogP contribution in [0.15, 0.2) is 9.95 Å². The van der Waals surface area contributed by atoms with Crippen LogP contribution in [0.2, 0.25) is 0 Å². The lowest BCUT2D eigenvalue weighted by molar-refractivity contribution is 0.284. The molecular weight excluding hydrogens is 340 g/mol. The van der Waals surface area contributed by atoms with Crippen LogP contribution in [0.4, 0.5) is 0 Å². The van der Waals surface area contributed by atoms with E-state index < -0.39 is 0 Å². The lowest BCUT2D eigenvalue weighted by Gasteiger charge is -2.17. The fourth-order valence-electron chi connectivity index (χ4n) is 3.35. The number of aryl methyl sites for hydroxylation is 1. The van der Waals surface area contributed by atoms with Crippen LogP contribution in [0.5, 0.6) is 0 Å². The highest BCUT2D eigenvalue weighted by Gasteiger charge is 2.24. The average Bonchev–Trinajstić information content (AvgIpc) is 2.92. The second-order valence-corrected chi connectivity index (χ2v) is 8.75. The van der Waals surface area contributed by atoms with E-state index in [0.29, 0.717) is 12.5 Å². The van der Waals surface area contributed by atoms with Crippen molar-refractivity contribution in [2.75, 3.05) is 12.4 Å². The molecule has 1 atom stereocenters. The van der Waals surface area contributed by atoms with Crippen LogP contribution >= 0.6 is 23.1 Å². The molecule has 0 radical (unpaired) electrons. The summed E-state index contributed by atoms with van der Waals surface area (Å²) in [4.78, 5) is 20.2. The molecule has 0 aliphatic heterocycles. The molecule has 2 aromatic rings. The quantitative estimate of drug-likeness (QED) is 0.459. The molecule has 2 heterocycles. The third-order valence-electron chi connectivity index (χ3n) is 4.73. The van der Waals surface area contributed by atoms with Gasteiger partial charge in [0.15, 0.2) is 5.16 Å². The molecule has 1 unspecified atom stereocenters. The Morgan fingerprint density at radius 3 is 2.96 bits per heavy atom. The summed E-state index contributed by atoms with van der Waals surface area (Å²) in [6.45, 7) is 5.24. The molecule has 24 heavy (non-hydrogen) atoms. The van der Waals surface area contributed by atoms with Crippen LogP contribution in [0.1, 0.15) is 50.0 Å². The number of aliphatic hydroxyl groups excluding tert-OH is 1. The predicted octanol–water partition coefficient (Wildman–Crippen LogP) is 3.86. The number of thioether (sulfide) groups is 1. The minimum atomic E-state index is 0.146. The first-order chi connectivity index (χ1) is 11.7. The smallest absolute Gasteiger partial charge is 0.263 e. The number of nitrogens with zero attached hydrogens (tertiary/aromatic N) is 2. The van der Waals surface area contributed by atoms with E-state index in [0.717, 1.165) is 53.2 Å². The van der Waals surface area contributed by atoms with Gasteiger partial charge in [0, 0.05) is 23.8 Å². The highest BCUT2D eigenvalue weighted by atomic mass is 32.2. The molecule has 0 bridgehead atoms. The largest absolute Gasteiger partial charge is 0.396 e. The second-order valence-electron chi connectivity index (χ2n) is 6.61. The zero-order valence-electron chi connectivity index (χ0n) is 14.5. The van der Waals surface area contributed by atoms with Gasteiger partial charge in [-0.1, -0.05) is 25.1 Å². The molecule has 0 spiro atoms. The van der Waals surface area contributed by atoms with Crippen molar-refractivity contribution in [1.82, 2.24) is 9.55 Å². The van der Waals surface area contributed by atoms with Crippen molar-refractivity contribution < 1.29 is 5.11 Å². The van der Waals surface area contributed by atoms with E-state index >= 15 is 0 Å². The van der Waals surface area contributed by atoms with Gasteiger partial charge in [0.05, 0.1) is 5.39 Å². The summed E-state index contributed by atoms with van der Waals surface area (Å²) in [6.07, 6.45) is 6.19. The van der Waals surface area contributed by atoms with Gasteiger partial charge in [-0.25, -0.2) is 4.98 Å². The first kappa shape index (κ1) is 18.0. The second kappa shape index (κ2) is 8.02. The van der Waals surface area contributed by atoms with Crippen molar-refractivity contribution in [3.8, 4) is 0 Å². The van der Waals surface area contributed by atoms with Crippen molar-refractivity contribution >= 4 is 33.3 Å². The van der Waals surface area contributed by atoms with E-state index in [-0.39, 0.29) is 12.2 Å². The Labute approximate surface area is 151 Å². The van der Waals surface area contributed by atoms with Crippen molar-refractivity contribution in [2.45, 2.75) is 64.1 Å². The molecule has 1 N–H and O–H groups in total. The van der Waals surface area contributed by atoms with Gasteiger partial charge in [0.2, 0.25) is 0 Å². The van der Waals surface area contributed by atoms with Gasteiger partial charge >= 0.3 is 0 Å². The van der Waals surface area contributed by atoms with E-state index in [1.807, 2.05) is 11.5 Å². The van der Waals surface area contributed by atoms with Crippen molar-refractivity contribution in [3.05, 3.63) is 20.8 Å². The van der Waals surface area contributed by atoms with Crippen molar-refractivity contribution in [3.63, 3.8) is 0 Å². The summed E-state index contributed by atoms with van der Waals surface area (Å²) in [6, 6.07) is 0. The van der Waals surface area contributed by atoms with Crippen molar-refractivity contribution in [2.24, 2.45) is 5.92 Å². The van der Waals surface area contributed by atoms with Gasteiger partial charge in [-0.15, -0.1) is 11.3 Å². The van der Waals surface area contributed by atoms with Gasteiger partial charge in [-0.2, -0.15) is 0 Å². The summed E-state index contributed by atoms with van der Waals surface area (Å²) in [7, 11) is 0. The van der Waals surface area contributed by atoms with Crippen LogP contribution < -0.4 is 5.56 Å². The molecule has 0 amide bonds. The molecule has 1 aliphatic rings. The van der Waals surface area contributed by atoms with Crippen LogP contribution in [0, 0.1) is 5.92 Å². The SMILES string of the molecule is CCn1c(SCCCCCO)nc2sc3c(c2c1=O)CCC(C)C3. The summed E-state index contributed by atoms with van der Waals surface area (Å²) >= 11 is 3.40. The van der Waals surface area contributed by atoms with Gasteiger partial charge in [0.25, 0.3) is 5.56 Å². The molecule has 6 heteroatoms. The number of aliphatic hydroxyl groups is 1. The molecule has 2 aromatic heterocycles. The average molecular weight is 367 g/mol. The Bertz CT molecular complexity index is 766. The molecule has 0 saturated carbocycles. The molecular formula is C18H26N2O2S2. The highest BCUT2D eigenvalue weighted by molar-refractivity contribution is 7.99. The molecule has 0 aromatic carbocycles. The van der Waals surface area contributed by atoms with Crippen LogP contribution in [0.25, 0.3) is 10.2 Å². The molecule has 3 rings (SSSR count). The Morgan fingerprint density at radius 2 is 2.21 bits per heavy atom. The van der Waals surface area contributed by atoms with Gasteiger partial charge in [-0.3, -0.25) is 9.36 Å². The lowest BCUT2D eigenvalue weighted by atomic mass is 9.89. The fraction of sp³-hybridized carbons (Fsp3) is 0.667. The molecule has 4 nitrogen and oxygen atoms in total. The normalized spacial score (nSPS) is 17.4. The third kappa shape index (κ3) is 3.55. The Hall–Kier alpha value is -0.850. The first-order valence-corrected chi connectivity index (χ1v) is 10.7. The Balaban J connectivity index is 1.91. The van der Waals surface area contributed by atoms with Gasteiger partial charge in [-0.05, 0) is 50.5 Å². The Morgan fingerprint density at radius 1 is 1.38 bits per heavy atom. The van der Waals surface area contributed by atoms with Gasteiger partial charge in [0.1, 0.15) is 4.83 Å². The molecule has 0 saturated heterocycles. The molecule has 1 aliphatic carbocycles. The van der Waals surface area contributed by atoms with Crippen molar-refractivity contribution in [1.29, 1.82) is 0 Å². The van der Waals surface area contributed by atoms with E-state index in [4.69, 9.17) is 10.1 Å². The number of rotatable bonds is 7. The third-order valence-corrected chi connectivity index (χ3v) is 6.94. The van der Waals surface area contributed by atoms with E-state index in [9.17, 15) is 4.79 Å². The topological polar surface area (TPSA) is 55.1 Å². The Kier molecular flexibility index (Phi) is 6.00. The maximum absolute atomic E-state index is 13.0. The number of aromatic nitrogens is 2. The first-order valence-electron chi connectivity index (χ1n) is 8.94. The summed E-state index contributed by atoms with van der Waals surface area (Å²) in [5, 5.41) is 10.6. The standard InChI is InChI=1S/C18H26N2O2S2/c1-3-20-17(22)15-13-8-7-12(2)11-14(13)24-16(15)19-18(20)23-10-6-4-5-9-21/h12,21H,3-11H2,1-2H3.